The fourth-order valence-corrected chi connectivity index (χ4v) is 1.93. The van der Waals surface area contributed by atoms with Gasteiger partial charge in [0.1, 0.15) is 0 Å². The molecule has 0 rings (SSSR count). The molecule has 0 spiro atoms. The van der Waals surface area contributed by atoms with E-state index in [0.717, 1.165) is 25.8 Å². The molecule has 0 aliphatic heterocycles. The van der Waals surface area contributed by atoms with Crippen molar-refractivity contribution in [3.8, 4) is 0 Å². The normalized spacial score (nSPS) is 10.5. The van der Waals surface area contributed by atoms with Crippen LogP contribution in [-0.2, 0) is 4.79 Å². The maximum Gasteiger partial charge on any atom is 0.219 e. The van der Waals surface area contributed by atoms with E-state index >= 15 is 0 Å². The van der Waals surface area contributed by atoms with Gasteiger partial charge in [-0.25, -0.2) is 0 Å². The molecule has 0 atom stereocenters. The van der Waals surface area contributed by atoms with E-state index in [0.29, 0.717) is 0 Å². The highest BCUT2D eigenvalue weighted by atomic mass is 16.1. The van der Waals surface area contributed by atoms with Gasteiger partial charge in [0.25, 0.3) is 0 Å². The number of rotatable bonds is 12. The summed E-state index contributed by atoms with van der Waals surface area (Å²) in [5, 5.41) is 3.01. The van der Waals surface area contributed by atoms with Crippen LogP contribution in [-0.4, -0.2) is 12.5 Å². The third-order valence-electron chi connectivity index (χ3n) is 3.11. The molecule has 0 aliphatic rings. The Hall–Kier alpha value is -0.530. The lowest BCUT2D eigenvalue weighted by Crippen LogP contribution is -2.23. The molecule has 0 saturated heterocycles. The summed E-state index contributed by atoms with van der Waals surface area (Å²) in [4.78, 5) is 11.4. The quantitative estimate of drug-likeness (QED) is 0.503. The first-order chi connectivity index (χ1) is 8.31. The molecule has 102 valence electrons. The second-order valence-corrected chi connectivity index (χ2v) is 4.93. The minimum Gasteiger partial charge on any atom is -0.356 e. The molecule has 0 heterocycles. The van der Waals surface area contributed by atoms with Crippen LogP contribution in [0.3, 0.4) is 0 Å². The summed E-state index contributed by atoms with van der Waals surface area (Å²) in [5.74, 6) is 0.245. The van der Waals surface area contributed by atoms with Crippen LogP contribution in [0.5, 0.6) is 0 Å². The van der Waals surface area contributed by atoms with Crippen LogP contribution in [0.25, 0.3) is 0 Å². The maximum atomic E-state index is 11.4. The predicted octanol–water partition coefficient (Wildman–Crippen LogP) is 4.43. The van der Waals surface area contributed by atoms with Gasteiger partial charge in [0.05, 0.1) is 0 Å². The van der Waals surface area contributed by atoms with Gasteiger partial charge in [-0.2, -0.15) is 0 Å². The van der Waals surface area contributed by atoms with Crippen molar-refractivity contribution < 1.29 is 4.79 Å². The Morgan fingerprint density at radius 1 is 0.765 bits per heavy atom. The van der Waals surface area contributed by atoms with Crippen molar-refractivity contribution >= 4 is 5.91 Å². The van der Waals surface area contributed by atoms with Gasteiger partial charge in [-0.1, -0.05) is 65.2 Å². The molecule has 1 amide bonds. The van der Waals surface area contributed by atoms with Crippen LogP contribution in [0, 0.1) is 0 Å². The number of carbonyl (C=O) groups excluding carboxylic acids is 1. The number of hydrogen-bond acceptors (Lipinski definition) is 1. The summed E-state index contributed by atoms with van der Waals surface area (Å²) in [6, 6.07) is 0. The molecular formula is C15H31NO. The van der Waals surface area contributed by atoms with Crippen LogP contribution in [0.15, 0.2) is 0 Å². The Bertz CT molecular complexity index is 168. The number of nitrogens with one attached hydrogen (secondary N) is 1. The second kappa shape index (κ2) is 13.5. The molecule has 0 aromatic carbocycles. The summed E-state index contributed by atoms with van der Waals surface area (Å²) in [6.45, 7) is 5.30. The zero-order valence-electron chi connectivity index (χ0n) is 11.9. The van der Waals surface area contributed by atoms with Gasteiger partial charge >= 0.3 is 0 Å². The van der Waals surface area contributed by atoms with Crippen molar-refractivity contribution in [1.29, 1.82) is 0 Å². The maximum absolute atomic E-state index is 11.4. The lowest BCUT2D eigenvalue weighted by atomic mass is 10.1. The average Bonchev–Trinajstić information content (AvgIpc) is 2.33. The zero-order valence-corrected chi connectivity index (χ0v) is 11.9. The Morgan fingerprint density at radius 2 is 1.29 bits per heavy atom. The molecule has 0 fully saturated rings. The van der Waals surface area contributed by atoms with Crippen LogP contribution < -0.4 is 5.32 Å². The first kappa shape index (κ1) is 16.5. The Kier molecular flexibility index (Phi) is 13.1. The molecular weight excluding hydrogens is 210 g/mol. The van der Waals surface area contributed by atoms with Gasteiger partial charge in [0.15, 0.2) is 0 Å². The monoisotopic (exact) mass is 241 g/mol. The van der Waals surface area contributed by atoms with E-state index in [1.165, 1.54) is 51.4 Å². The average molecular weight is 241 g/mol. The van der Waals surface area contributed by atoms with E-state index < -0.39 is 0 Å². The Labute approximate surface area is 108 Å². The van der Waals surface area contributed by atoms with Gasteiger partial charge in [-0.15, -0.1) is 0 Å². The highest BCUT2D eigenvalue weighted by molar-refractivity contribution is 5.75. The Balaban J connectivity index is 3.11. The van der Waals surface area contributed by atoms with Crippen LogP contribution in [0.4, 0.5) is 0 Å². The summed E-state index contributed by atoms with van der Waals surface area (Å²) in [7, 11) is 0. The lowest BCUT2D eigenvalue weighted by molar-refractivity contribution is -0.121. The first-order valence-electron chi connectivity index (χ1n) is 7.58. The van der Waals surface area contributed by atoms with E-state index in [-0.39, 0.29) is 5.91 Å². The van der Waals surface area contributed by atoms with Crippen LogP contribution >= 0.6 is 0 Å². The van der Waals surface area contributed by atoms with Crippen molar-refractivity contribution in [1.82, 2.24) is 5.32 Å². The van der Waals surface area contributed by atoms with Crippen LogP contribution in [0.2, 0.25) is 0 Å². The van der Waals surface area contributed by atoms with Crippen molar-refractivity contribution in [2.24, 2.45) is 0 Å². The minimum atomic E-state index is 0.245. The molecule has 0 saturated carbocycles. The van der Waals surface area contributed by atoms with Gasteiger partial charge < -0.3 is 5.32 Å². The summed E-state index contributed by atoms with van der Waals surface area (Å²) < 4.78 is 0. The van der Waals surface area contributed by atoms with Gasteiger partial charge in [0, 0.05) is 13.0 Å². The largest absolute Gasteiger partial charge is 0.356 e. The van der Waals surface area contributed by atoms with Crippen LogP contribution in [0.1, 0.15) is 84.5 Å². The summed E-state index contributed by atoms with van der Waals surface area (Å²) in [6.07, 6.45) is 13.2. The molecule has 2 heteroatoms. The molecule has 0 bridgehead atoms. The number of hydrogen-bond donors (Lipinski definition) is 1. The van der Waals surface area contributed by atoms with Crippen molar-refractivity contribution in [2.45, 2.75) is 84.5 Å². The van der Waals surface area contributed by atoms with E-state index in [1.807, 2.05) is 0 Å². The highest BCUT2D eigenvalue weighted by Gasteiger charge is 1.99. The van der Waals surface area contributed by atoms with Gasteiger partial charge in [-0.05, 0) is 12.8 Å². The standard InChI is InChI=1S/C15H31NO/c1-3-5-7-9-10-12-14-16-15(17)13-11-8-6-4-2/h3-14H2,1-2H3,(H,16,17). The van der Waals surface area contributed by atoms with E-state index in [9.17, 15) is 4.79 Å². The van der Waals surface area contributed by atoms with E-state index in [2.05, 4.69) is 19.2 Å². The molecule has 0 radical (unpaired) electrons. The third kappa shape index (κ3) is 13.4. The topological polar surface area (TPSA) is 29.1 Å². The molecule has 0 unspecified atom stereocenters. The summed E-state index contributed by atoms with van der Waals surface area (Å²) in [5.41, 5.74) is 0. The molecule has 0 aromatic heterocycles. The molecule has 2 nitrogen and oxygen atoms in total. The van der Waals surface area contributed by atoms with Crippen molar-refractivity contribution in [3.63, 3.8) is 0 Å². The molecule has 17 heavy (non-hydrogen) atoms. The highest BCUT2D eigenvalue weighted by Crippen LogP contribution is 2.04. The zero-order chi connectivity index (χ0) is 12.8. The predicted molar refractivity (Wildman–Crippen MR) is 75.1 cm³/mol. The second-order valence-electron chi connectivity index (χ2n) is 4.93. The van der Waals surface area contributed by atoms with Gasteiger partial charge in [0.2, 0.25) is 5.91 Å². The molecule has 1 N–H and O–H groups in total. The lowest BCUT2D eigenvalue weighted by Gasteiger charge is -2.05. The molecule has 0 aromatic rings. The number of unbranched alkanes of at least 4 members (excludes halogenated alkanes) is 8. The first-order valence-corrected chi connectivity index (χ1v) is 7.58. The van der Waals surface area contributed by atoms with Gasteiger partial charge in [-0.3, -0.25) is 4.79 Å². The number of carbonyl (C=O) groups is 1. The Morgan fingerprint density at radius 3 is 1.94 bits per heavy atom. The van der Waals surface area contributed by atoms with E-state index in [4.69, 9.17) is 0 Å². The minimum absolute atomic E-state index is 0.245. The van der Waals surface area contributed by atoms with Crippen molar-refractivity contribution in [2.75, 3.05) is 6.54 Å². The number of amides is 1. The third-order valence-corrected chi connectivity index (χ3v) is 3.11. The van der Waals surface area contributed by atoms with E-state index in [1.54, 1.807) is 0 Å². The van der Waals surface area contributed by atoms with Crippen molar-refractivity contribution in [3.05, 3.63) is 0 Å². The fraction of sp³-hybridized carbons (Fsp3) is 0.933. The molecule has 0 aliphatic carbocycles. The summed E-state index contributed by atoms with van der Waals surface area (Å²) >= 11 is 0. The smallest absolute Gasteiger partial charge is 0.219 e. The fourth-order valence-electron chi connectivity index (χ4n) is 1.93. The SMILES string of the molecule is CCCCCCCCNC(=O)CCCCCC.